The van der Waals surface area contributed by atoms with Gasteiger partial charge in [-0.15, -0.1) is 0 Å². The van der Waals surface area contributed by atoms with Gasteiger partial charge in [0.25, 0.3) is 0 Å². The lowest BCUT2D eigenvalue weighted by Gasteiger charge is -2.23. The van der Waals surface area contributed by atoms with Crippen LogP contribution in [0, 0.1) is 5.41 Å². The van der Waals surface area contributed by atoms with Crippen LogP contribution in [0.5, 0.6) is 0 Å². The third-order valence-electron chi connectivity index (χ3n) is 2.80. The van der Waals surface area contributed by atoms with E-state index in [1.165, 1.54) is 0 Å². The molecule has 1 amide bonds. The molecule has 18 heavy (non-hydrogen) atoms. The Morgan fingerprint density at radius 3 is 2.56 bits per heavy atom. The van der Waals surface area contributed by atoms with Crippen LogP contribution in [0.1, 0.15) is 19.4 Å². The molecule has 0 aliphatic carbocycles. The van der Waals surface area contributed by atoms with Gasteiger partial charge in [-0.3, -0.25) is 4.79 Å². The third kappa shape index (κ3) is 4.85. The molecule has 0 fully saturated rings. The van der Waals surface area contributed by atoms with Crippen LogP contribution in [0.25, 0.3) is 0 Å². The van der Waals surface area contributed by atoms with Gasteiger partial charge in [0, 0.05) is 18.6 Å². The molecule has 1 aromatic rings. The average Bonchev–Trinajstić information content (AvgIpc) is 2.37. The first-order valence-electron chi connectivity index (χ1n) is 6.13. The van der Waals surface area contributed by atoms with E-state index in [4.69, 9.17) is 10.8 Å². The van der Waals surface area contributed by atoms with E-state index in [-0.39, 0.29) is 17.9 Å². The maximum absolute atomic E-state index is 11.8. The summed E-state index contributed by atoms with van der Waals surface area (Å²) in [5, 5.41) is 11.9. The Morgan fingerprint density at radius 2 is 2.00 bits per heavy atom. The third-order valence-corrected chi connectivity index (χ3v) is 2.80. The van der Waals surface area contributed by atoms with Crippen molar-refractivity contribution in [1.29, 1.82) is 0 Å². The highest BCUT2D eigenvalue weighted by molar-refractivity contribution is 5.81. The van der Waals surface area contributed by atoms with Crippen molar-refractivity contribution in [3.05, 3.63) is 35.9 Å². The Kier molecular flexibility index (Phi) is 5.31. The minimum atomic E-state index is -0.554. The van der Waals surface area contributed by atoms with E-state index in [0.717, 1.165) is 5.56 Å². The number of nitrogens with one attached hydrogen (secondary N) is 1. The Hall–Kier alpha value is -1.39. The quantitative estimate of drug-likeness (QED) is 0.695. The number of benzene rings is 1. The molecule has 100 valence electrons. The summed E-state index contributed by atoms with van der Waals surface area (Å²) in [6.45, 7) is 4.22. The topological polar surface area (TPSA) is 75.3 Å². The summed E-state index contributed by atoms with van der Waals surface area (Å²) in [5.74, 6) is -0.180. The van der Waals surface area contributed by atoms with Crippen LogP contribution in [0.2, 0.25) is 0 Å². The molecule has 0 aromatic heterocycles. The molecule has 0 heterocycles. The van der Waals surface area contributed by atoms with Gasteiger partial charge in [0.05, 0.1) is 6.04 Å². The molecular weight excluding hydrogens is 228 g/mol. The van der Waals surface area contributed by atoms with Crippen molar-refractivity contribution in [1.82, 2.24) is 5.32 Å². The van der Waals surface area contributed by atoms with Gasteiger partial charge >= 0.3 is 0 Å². The first kappa shape index (κ1) is 14.7. The number of hydrogen-bond acceptors (Lipinski definition) is 3. The molecule has 1 atom stereocenters. The van der Waals surface area contributed by atoms with Crippen molar-refractivity contribution in [2.24, 2.45) is 11.1 Å². The van der Waals surface area contributed by atoms with Crippen molar-refractivity contribution < 1.29 is 9.90 Å². The molecule has 0 radical (unpaired) electrons. The van der Waals surface area contributed by atoms with E-state index in [1.807, 2.05) is 44.2 Å². The fourth-order valence-corrected chi connectivity index (χ4v) is 1.47. The number of rotatable bonds is 6. The molecular formula is C14H22N2O2. The predicted octanol–water partition coefficient (Wildman–Crippen LogP) is 0.691. The fourth-order valence-electron chi connectivity index (χ4n) is 1.47. The molecule has 0 aliphatic heterocycles. The van der Waals surface area contributed by atoms with Crippen LogP contribution < -0.4 is 11.1 Å². The minimum Gasteiger partial charge on any atom is -0.396 e. The Balaban J connectivity index is 2.43. The maximum atomic E-state index is 11.8. The number of amides is 1. The van der Waals surface area contributed by atoms with Crippen LogP contribution in [-0.4, -0.2) is 30.2 Å². The number of aliphatic hydroxyl groups excluding tert-OH is 1. The molecule has 0 bridgehead atoms. The number of carbonyl (C=O) groups excluding carboxylic acids is 1. The first-order chi connectivity index (χ1) is 8.44. The number of carbonyl (C=O) groups is 1. The molecule has 4 N–H and O–H groups in total. The Bertz CT molecular complexity index is 377. The SMILES string of the molecule is CC(C)(CO)CNC(=O)[C@@H](N)Cc1ccccc1. The maximum Gasteiger partial charge on any atom is 0.237 e. The first-order valence-corrected chi connectivity index (χ1v) is 6.13. The summed E-state index contributed by atoms with van der Waals surface area (Å²) < 4.78 is 0. The second-order valence-corrected chi connectivity index (χ2v) is 5.34. The molecule has 0 saturated heterocycles. The van der Waals surface area contributed by atoms with Gasteiger partial charge in [-0.1, -0.05) is 44.2 Å². The number of aliphatic hydroxyl groups is 1. The van der Waals surface area contributed by atoms with E-state index in [9.17, 15) is 4.79 Å². The van der Waals surface area contributed by atoms with Crippen LogP contribution in [0.3, 0.4) is 0 Å². The predicted molar refractivity (Wildman–Crippen MR) is 72.0 cm³/mol. The lowest BCUT2D eigenvalue weighted by Crippen LogP contribution is -2.45. The van der Waals surface area contributed by atoms with E-state index in [0.29, 0.717) is 13.0 Å². The van der Waals surface area contributed by atoms with E-state index < -0.39 is 6.04 Å². The van der Waals surface area contributed by atoms with E-state index in [1.54, 1.807) is 0 Å². The fraction of sp³-hybridized carbons (Fsp3) is 0.500. The van der Waals surface area contributed by atoms with Crippen molar-refractivity contribution in [2.45, 2.75) is 26.3 Å². The zero-order valence-electron chi connectivity index (χ0n) is 11.0. The molecule has 1 rings (SSSR count). The zero-order valence-corrected chi connectivity index (χ0v) is 11.0. The largest absolute Gasteiger partial charge is 0.396 e. The van der Waals surface area contributed by atoms with Crippen molar-refractivity contribution in [3.8, 4) is 0 Å². The Morgan fingerprint density at radius 1 is 1.39 bits per heavy atom. The molecule has 0 aliphatic rings. The smallest absolute Gasteiger partial charge is 0.237 e. The summed E-state index contributed by atoms with van der Waals surface area (Å²) in [7, 11) is 0. The zero-order chi connectivity index (χ0) is 13.6. The summed E-state index contributed by atoms with van der Waals surface area (Å²) in [6.07, 6.45) is 0.520. The summed E-state index contributed by atoms with van der Waals surface area (Å²) >= 11 is 0. The molecule has 0 spiro atoms. The van der Waals surface area contributed by atoms with Crippen molar-refractivity contribution >= 4 is 5.91 Å². The molecule has 4 nitrogen and oxygen atoms in total. The van der Waals surface area contributed by atoms with Crippen molar-refractivity contribution in [3.63, 3.8) is 0 Å². The molecule has 4 heteroatoms. The average molecular weight is 250 g/mol. The lowest BCUT2D eigenvalue weighted by molar-refractivity contribution is -0.122. The van der Waals surface area contributed by atoms with Gasteiger partial charge in [-0.05, 0) is 12.0 Å². The standard InChI is InChI=1S/C14H22N2O2/c1-14(2,10-17)9-16-13(18)12(15)8-11-6-4-3-5-7-11/h3-7,12,17H,8-10,15H2,1-2H3,(H,16,18)/t12-/m0/s1. The molecule has 0 saturated carbocycles. The minimum absolute atomic E-state index is 0.0290. The number of nitrogens with two attached hydrogens (primary N) is 1. The van der Waals surface area contributed by atoms with E-state index >= 15 is 0 Å². The van der Waals surface area contributed by atoms with Crippen molar-refractivity contribution in [2.75, 3.05) is 13.2 Å². The van der Waals surface area contributed by atoms with Gasteiger partial charge < -0.3 is 16.2 Å². The van der Waals surface area contributed by atoms with Crippen LogP contribution in [0.4, 0.5) is 0 Å². The van der Waals surface area contributed by atoms with Gasteiger partial charge in [0.2, 0.25) is 5.91 Å². The van der Waals surface area contributed by atoms with Gasteiger partial charge in [-0.2, -0.15) is 0 Å². The summed E-state index contributed by atoms with van der Waals surface area (Å²) in [6, 6.07) is 9.12. The van der Waals surface area contributed by atoms with Crippen LogP contribution in [-0.2, 0) is 11.2 Å². The normalized spacial score (nSPS) is 13.1. The second kappa shape index (κ2) is 6.52. The monoisotopic (exact) mass is 250 g/mol. The van der Waals surface area contributed by atoms with Gasteiger partial charge in [0.1, 0.15) is 0 Å². The van der Waals surface area contributed by atoms with E-state index in [2.05, 4.69) is 5.32 Å². The highest BCUT2D eigenvalue weighted by Gasteiger charge is 2.20. The van der Waals surface area contributed by atoms with Crippen LogP contribution in [0.15, 0.2) is 30.3 Å². The summed E-state index contributed by atoms with van der Waals surface area (Å²) in [5.41, 5.74) is 6.57. The lowest BCUT2D eigenvalue weighted by atomic mass is 9.95. The molecule has 1 aromatic carbocycles. The highest BCUT2D eigenvalue weighted by Crippen LogP contribution is 2.11. The molecule has 0 unspecified atom stereocenters. The second-order valence-electron chi connectivity index (χ2n) is 5.34. The van der Waals surface area contributed by atoms with Gasteiger partial charge in [-0.25, -0.2) is 0 Å². The number of hydrogen-bond donors (Lipinski definition) is 3. The summed E-state index contributed by atoms with van der Waals surface area (Å²) in [4.78, 5) is 11.8. The van der Waals surface area contributed by atoms with Crippen LogP contribution >= 0.6 is 0 Å². The van der Waals surface area contributed by atoms with Gasteiger partial charge in [0.15, 0.2) is 0 Å². The highest BCUT2D eigenvalue weighted by atomic mass is 16.3. The Labute approximate surface area is 108 Å².